The number of pyridine rings is 1. The Morgan fingerprint density at radius 1 is 1.03 bits per heavy atom. The number of nitrogens with zero attached hydrogens (tertiary/aromatic N) is 4. The summed E-state index contributed by atoms with van der Waals surface area (Å²) < 4.78 is 1.48. The van der Waals surface area contributed by atoms with E-state index in [-0.39, 0.29) is 34.3 Å². The van der Waals surface area contributed by atoms with Gasteiger partial charge in [-0.25, -0.2) is 9.78 Å². The summed E-state index contributed by atoms with van der Waals surface area (Å²) in [5, 5.41) is 0.166. The number of nitrogens with one attached hydrogen (secondary N) is 1. The zero-order valence-corrected chi connectivity index (χ0v) is 21.9. The van der Waals surface area contributed by atoms with Crippen LogP contribution in [0.3, 0.4) is 0 Å². The minimum atomic E-state index is -0.583. The Balaban J connectivity index is 2.10. The molecule has 1 N–H and O–H groups in total. The molecule has 1 amide bonds. The highest BCUT2D eigenvalue weighted by atomic mass is 16.2. The van der Waals surface area contributed by atoms with Crippen molar-refractivity contribution in [2.45, 2.75) is 60.2 Å². The number of aromatic nitrogens is 3. The van der Waals surface area contributed by atoms with Crippen LogP contribution in [-0.4, -0.2) is 50.9 Å². The lowest BCUT2D eigenvalue weighted by molar-refractivity contribution is 0.0754. The van der Waals surface area contributed by atoms with E-state index in [1.165, 1.54) is 10.1 Å². The molecule has 3 aromatic rings. The van der Waals surface area contributed by atoms with Crippen LogP contribution in [0.4, 0.5) is 0 Å². The molecule has 0 atom stereocenters. The number of carbonyl (C=O) groups excluding carboxylic acids is 1. The van der Waals surface area contributed by atoms with Gasteiger partial charge in [0.1, 0.15) is 0 Å². The molecular formula is C27H37N5O3. The number of fused-ring (bicyclic) bond motifs is 1. The minimum absolute atomic E-state index is 0.0205. The second kappa shape index (κ2) is 11.0. The lowest BCUT2D eigenvalue weighted by Gasteiger charge is -2.23. The Kier molecular flexibility index (Phi) is 8.27. The zero-order chi connectivity index (χ0) is 25.9. The highest BCUT2D eigenvalue weighted by Crippen LogP contribution is 2.22. The van der Waals surface area contributed by atoms with Gasteiger partial charge in [0, 0.05) is 31.9 Å². The maximum absolute atomic E-state index is 13.8. The molecule has 0 fully saturated rings. The van der Waals surface area contributed by atoms with Crippen molar-refractivity contribution in [1.82, 2.24) is 24.3 Å². The molecule has 188 valence electrons. The first-order valence-corrected chi connectivity index (χ1v) is 12.2. The van der Waals surface area contributed by atoms with Crippen molar-refractivity contribution >= 4 is 16.9 Å². The topological polar surface area (TPSA) is 91.3 Å². The van der Waals surface area contributed by atoms with Crippen molar-refractivity contribution in [3.8, 4) is 0 Å². The monoisotopic (exact) mass is 479 g/mol. The van der Waals surface area contributed by atoms with E-state index in [0.717, 1.165) is 12.1 Å². The summed E-state index contributed by atoms with van der Waals surface area (Å²) in [7, 11) is 4.05. The third-order valence-electron chi connectivity index (χ3n) is 5.90. The van der Waals surface area contributed by atoms with Gasteiger partial charge in [0.25, 0.3) is 11.5 Å². The van der Waals surface area contributed by atoms with E-state index in [2.05, 4.69) is 27.0 Å². The highest BCUT2D eigenvalue weighted by molar-refractivity contribution is 6.05. The Morgan fingerprint density at radius 2 is 1.63 bits per heavy atom. The molecule has 1 aromatic carbocycles. The molecule has 0 aliphatic heterocycles. The predicted octanol–water partition coefficient (Wildman–Crippen LogP) is 3.59. The Morgan fingerprint density at radius 3 is 2.14 bits per heavy atom. The van der Waals surface area contributed by atoms with Crippen LogP contribution >= 0.6 is 0 Å². The van der Waals surface area contributed by atoms with E-state index in [1.807, 2.05) is 60.8 Å². The van der Waals surface area contributed by atoms with Crippen molar-refractivity contribution in [2.75, 3.05) is 20.6 Å². The number of carbonyl (C=O) groups is 1. The number of H-pyrrole nitrogens is 1. The predicted molar refractivity (Wildman–Crippen MR) is 140 cm³/mol. The van der Waals surface area contributed by atoms with Gasteiger partial charge in [-0.15, -0.1) is 0 Å². The zero-order valence-electron chi connectivity index (χ0n) is 21.9. The normalized spacial score (nSPS) is 11.7. The molecule has 0 saturated carbocycles. The number of benzene rings is 1. The van der Waals surface area contributed by atoms with Crippen molar-refractivity contribution in [3.63, 3.8) is 0 Å². The fourth-order valence-electron chi connectivity index (χ4n) is 4.13. The lowest BCUT2D eigenvalue weighted by atomic mass is 10.0. The minimum Gasteiger partial charge on any atom is -0.335 e. The Bertz CT molecular complexity index is 1300. The van der Waals surface area contributed by atoms with E-state index in [1.54, 1.807) is 11.0 Å². The third-order valence-corrected chi connectivity index (χ3v) is 5.90. The first-order valence-electron chi connectivity index (χ1n) is 12.2. The van der Waals surface area contributed by atoms with Crippen LogP contribution in [0.15, 0.2) is 39.9 Å². The van der Waals surface area contributed by atoms with Gasteiger partial charge >= 0.3 is 5.69 Å². The summed E-state index contributed by atoms with van der Waals surface area (Å²) in [4.78, 5) is 50.3. The van der Waals surface area contributed by atoms with Crippen molar-refractivity contribution < 1.29 is 4.79 Å². The molecule has 2 heterocycles. The average Bonchev–Trinajstić information content (AvgIpc) is 2.79. The smallest absolute Gasteiger partial charge is 0.330 e. The van der Waals surface area contributed by atoms with E-state index in [9.17, 15) is 14.4 Å². The molecule has 0 aliphatic rings. The Hall–Kier alpha value is -3.26. The molecule has 2 aromatic heterocycles. The number of hydrogen-bond donors (Lipinski definition) is 1. The number of rotatable bonds is 9. The van der Waals surface area contributed by atoms with Crippen molar-refractivity contribution in [3.05, 3.63) is 73.6 Å². The van der Waals surface area contributed by atoms with Gasteiger partial charge in [-0.2, -0.15) is 0 Å². The maximum atomic E-state index is 13.8. The molecule has 35 heavy (non-hydrogen) atoms. The van der Waals surface area contributed by atoms with Gasteiger partial charge in [-0.1, -0.05) is 52.0 Å². The summed E-state index contributed by atoms with van der Waals surface area (Å²) in [6.45, 7) is 12.0. The number of aromatic amines is 1. The fourth-order valence-corrected chi connectivity index (χ4v) is 4.13. The summed E-state index contributed by atoms with van der Waals surface area (Å²) in [5.41, 5.74) is 2.34. The fraction of sp³-hybridized carbons (Fsp3) is 0.481. The number of amides is 1. The maximum Gasteiger partial charge on any atom is 0.330 e. The van der Waals surface area contributed by atoms with Crippen LogP contribution in [0.25, 0.3) is 11.0 Å². The second-order valence-corrected chi connectivity index (χ2v) is 10.1. The Labute approximate surface area is 206 Å². The first-order chi connectivity index (χ1) is 16.5. The molecule has 3 rings (SSSR count). The van der Waals surface area contributed by atoms with Crippen LogP contribution in [-0.2, 0) is 19.6 Å². The SMILES string of the molecule is CCN(Cc1ccc(CN(C)C)cc1)C(=O)c1cc(C(C)C)nc2c1c(=O)[nH]c(=O)n2CC(C)C. The molecule has 0 aliphatic carbocycles. The molecule has 8 heteroatoms. The van der Waals surface area contributed by atoms with Gasteiger partial charge < -0.3 is 9.80 Å². The van der Waals surface area contributed by atoms with Crippen LogP contribution in [0, 0.1) is 5.92 Å². The molecule has 0 saturated heterocycles. The molecule has 0 radical (unpaired) electrons. The summed E-state index contributed by atoms with van der Waals surface area (Å²) >= 11 is 0. The number of hydrogen-bond acceptors (Lipinski definition) is 5. The van der Waals surface area contributed by atoms with Gasteiger partial charge in [-0.3, -0.25) is 19.1 Å². The lowest BCUT2D eigenvalue weighted by Crippen LogP contribution is -2.35. The van der Waals surface area contributed by atoms with Gasteiger partial charge in [0.05, 0.1) is 10.9 Å². The summed E-state index contributed by atoms with van der Waals surface area (Å²) in [5.74, 6) is -0.0698. The summed E-state index contributed by atoms with van der Waals surface area (Å²) in [6, 6.07) is 9.92. The summed E-state index contributed by atoms with van der Waals surface area (Å²) in [6.07, 6.45) is 0. The molecular weight excluding hydrogens is 442 g/mol. The van der Waals surface area contributed by atoms with Crippen LogP contribution in [0.5, 0.6) is 0 Å². The molecule has 8 nitrogen and oxygen atoms in total. The van der Waals surface area contributed by atoms with E-state index in [0.29, 0.717) is 25.3 Å². The third kappa shape index (κ3) is 6.06. The van der Waals surface area contributed by atoms with Crippen LogP contribution in [0.1, 0.15) is 67.7 Å². The standard InChI is InChI=1S/C27H37N5O3/c1-8-31(16-20-11-9-19(10-12-20)15-30(6)7)26(34)21-13-22(18(4)5)28-24-23(21)25(33)29-27(35)32(24)14-17(2)3/h9-13,17-18H,8,14-16H2,1-7H3,(H,29,33,35). The van der Waals surface area contributed by atoms with Gasteiger partial charge in [0.2, 0.25) is 0 Å². The molecule has 0 unspecified atom stereocenters. The van der Waals surface area contributed by atoms with Gasteiger partial charge in [0.15, 0.2) is 5.65 Å². The first kappa shape index (κ1) is 26.3. The largest absolute Gasteiger partial charge is 0.335 e. The van der Waals surface area contributed by atoms with Crippen LogP contribution in [0.2, 0.25) is 0 Å². The molecule has 0 spiro atoms. The van der Waals surface area contributed by atoms with Crippen LogP contribution < -0.4 is 11.2 Å². The average molecular weight is 480 g/mol. The molecule has 0 bridgehead atoms. The quantitative estimate of drug-likeness (QED) is 0.506. The van der Waals surface area contributed by atoms with Crippen molar-refractivity contribution in [2.24, 2.45) is 5.92 Å². The van der Waals surface area contributed by atoms with E-state index in [4.69, 9.17) is 0 Å². The van der Waals surface area contributed by atoms with E-state index < -0.39 is 11.2 Å². The van der Waals surface area contributed by atoms with Gasteiger partial charge in [-0.05, 0) is 50.0 Å². The second-order valence-electron chi connectivity index (χ2n) is 10.1. The van der Waals surface area contributed by atoms with E-state index >= 15 is 0 Å². The highest BCUT2D eigenvalue weighted by Gasteiger charge is 2.24. The van der Waals surface area contributed by atoms with Crippen molar-refractivity contribution in [1.29, 1.82) is 0 Å².